The van der Waals surface area contributed by atoms with Crippen LogP contribution in [0.2, 0.25) is 0 Å². The van der Waals surface area contributed by atoms with Gasteiger partial charge in [-0.25, -0.2) is 0 Å². The Bertz CT molecular complexity index is 549. The lowest BCUT2D eigenvalue weighted by molar-refractivity contribution is 0.518. The molecule has 0 fully saturated rings. The van der Waals surface area contributed by atoms with Gasteiger partial charge in [-0.3, -0.25) is 4.99 Å². The second kappa shape index (κ2) is 12.7. The van der Waals surface area contributed by atoms with Gasteiger partial charge >= 0.3 is 0 Å². The number of hydrogen-bond acceptors (Lipinski definition) is 3. The summed E-state index contributed by atoms with van der Waals surface area (Å²) in [5.74, 6) is 4.08. The van der Waals surface area contributed by atoms with Crippen LogP contribution in [0.4, 0.5) is 0 Å². The van der Waals surface area contributed by atoms with Gasteiger partial charge in [-0.15, -0.1) is 10.2 Å². The van der Waals surface area contributed by atoms with Gasteiger partial charge < -0.3 is 15.2 Å². The molecular weight excluding hydrogens is 336 g/mol. The number of aromatic nitrogens is 3. The maximum Gasteiger partial charge on any atom is 0.190 e. The minimum atomic E-state index is 0.832. The number of nitrogens with one attached hydrogen (secondary N) is 2. The Labute approximate surface area is 165 Å². The van der Waals surface area contributed by atoms with Crippen LogP contribution in [0.5, 0.6) is 0 Å². The summed E-state index contributed by atoms with van der Waals surface area (Å²) >= 11 is 0. The van der Waals surface area contributed by atoms with E-state index in [2.05, 4.69) is 44.2 Å². The molecule has 2 heterocycles. The van der Waals surface area contributed by atoms with Crippen LogP contribution in [0.3, 0.4) is 0 Å². The summed E-state index contributed by atoms with van der Waals surface area (Å²) in [6, 6.07) is 0. The number of fused-ring (bicyclic) bond motifs is 1. The summed E-state index contributed by atoms with van der Waals surface area (Å²) in [6.45, 7) is 7.60. The van der Waals surface area contributed by atoms with Crippen molar-refractivity contribution < 1.29 is 0 Å². The maximum atomic E-state index is 4.41. The molecule has 0 atom stereocenters. The molecule has 1 aromatic rings. The first-order chi connectivity index (χ1) is 13.2. The third-order valence-corrected chi connectivity index (χ3v) is 5.28. The van der Waals surface area contributed by atoms with Crippen LogP contribution in [-0.2, 0) is 19.4 Å². The van der Waals surface area contributed by atoms with E-state index in [1.807, 2.05) is 7.05 Å². The lowest BCUT2D eigenvalue weighted by Crippen LogP contribution is -2.38. The highest BCUT2D eigenvalue weighted by molar-refractivity contribution is 5.79. The minimum Gasteiger partial charge on any atom is -0.356 e. The summed E-state index contributed by atoms with van der Waals surface area (Å²) in [6.07, 6.45) is 13.5. The number of aliphatic imine (C=N–C) groups is 1. The standard InChI is InChI=1S/C21H40N6/c1-18(2)12-7-4-5-9-15-23-21(22-3)24-16-11-14-20-26-25-19-13-8-6-10-17-27(19)20/h18H,4-17H2,1-3H3,(H2,22,23,24). The average Bonchev–Trinajstić information content (AvgIpc) is 2.88. The SMILES string of the molecule is CN=C(NCCCCCCC(C)C)NCCCc1nnc2n1CCCCC2. The van der Waals surface area contributed by atoms with Gasteiger partial charge in [0.2, 0.25) is 0 Å². The highest BCUT2D eigenvalue weighted by Crippen LogP contribution is 2.15. The van der Waals surface area contributed by atoms with Crippen molar-refractivity contribution in [2.24, 2.45) is 10.9 Å². The van der Waals surface area contributed by atoms with Crippen LogP contribution < -0.4 is 10.6 Å². The second-order valence-electron chi connectivity index (χ2n) is 8.12. The van der Waals surface area contributed by atoms with E-state index in [9.17, 15) is 0 Å². The molecule has 6 heteroatoms. The molecule has 6 nitrogen and oxygen atoms in total. The fourth-order valence-electron chi connectivity index (χ4n) is 3.64. The third-order valence-electron chi connectivity index (χ3n) is 5.28. The van der Waals surface area contributed by atoms with Crippen molar-refractivity contribution in [1.82, 2.24) is 25.4 Å². The predicted octanol–water partition coefficient (Wildman–Crippen LogP) is 3.71. The smallest absolute Gasteiger partial charge is 0.190 e. The van der Waals surface area contributed by atoms with Gasteiger partial charge in [0, 0.05) is 39.5 Å². The topological polar surface area (TPSA) is 67.1 Å². The molecule has 0 saturated heterocycles. The van der Waals surface area contributed by atoms with Gasteiger partial charge in [0.1, 0.15) is 11.6 Å². The van der Waals surface area contributed by atoms with E-state index in [-0.39, 0.29) is 0 Å². The molecule has 0 bridgehead atoms. The lowest BCUT2D eigenvalue weighted by Gasteiger charge is -2.12. The first kappa shape index (κ1) is 21.7. The zero-order chi connectivity index (χ0) is 19.3. The van der Waals surface area contributed by atoms with E-state index in [1.54, 1.807) is 0 Å². The molecule has 2 N–H and O–H groups in total. The van der Waals surface area contributed by atoms with Crippen LogP contribution >= 0.6 is 0 Å². The molecule has 0 unspecified atom stereocenters. The monoisotopic (exact) mass is 376 g/mol. The molecule has 154 valence electrons. The normalized spacial score (nSPS) is 14.9. The van der Waals surface area contributed by atoms with Crippen LogP contribution in [0.1, 0.15) is 83.3 Å². The van der Waals surface area contributed by atoms with Gasteiger partial charge in [-0.05, 0) is 31.6 Å². The molecular formula is C21H40N6. The zero-order valence-corrected chi connectivity index (χ0v) is 17.8. The number of unbranched alkanes of at least 4 members (excludes halogenated alkanes) is 3. The Morgan fingerprint density at radius 2 is 1.78 bits per heavy atom. The Hall–Kier alpha value is -1.59. The molecule has 0 saturated carbocycles. The van der Waals surface area contributed by atoms with E-state index in [0.29, 0.717) is 0 Å². The van der Waals surface area contributed by atoms with Crippen molar-refractivity contribution in [3.05, 3.63) is 11.6 Å². The molecule has 0 aliphatic carbocycles. The van der Waals surface area contributed by atoms with Crippen LogP contribution in [0, 0.1) is 5.92 Å². The largest absolute Gasteiger partial charge is 0.356 e. The molecule has 2 rings (SSSR count). The Balaban J connectivity index is 1.55. The highest BCUT2D eigenvalue weighted by Gasteiger charge is 2.14. The van der Waals surface area contributed by atoms with Crippen molar-refractivity contribution in [3.8, 4) is 0 Å². The van der Waals surface area contributed by atoms with E-state index >= 15 is 0 Å². The van der Waals surface area contributed by atoms with E-state index in [1.165, 1.54) is 57.2 Å². The third kappa shape index (κ3) is 8.31. The average molecular weight is 377 g/mol. The summed E-state index contributed by atoms with van der Waals surface area (Å²) in [4.78, 5) is 4.32. The summed E-state index contributed by atoms with van der Waals surface area (Å²) in [7, 11) is 1.84. The minimum absolute atomic E-state index is 0.832. The van der Waals surface area contributed by atoms with E-state index < -0.39 is 0 Å². The zero-order valence-electron chi connectivity index (χ0n) is 17.8. The fraction of sp³-hybridized carbons (Fsp3) is 0.857. The van der Waals surface area contributed by atoms with Gasteiger partial charge in [0.25, 0.3) is 0 Å². The number of nitrogens with zero attached hydrogens (tertiary/aromatic N) is 4. The van der Waals surface area contributed by atoms with Crippen LogP contribution in [-0.4, -0.2) is 40.9 Å². The first-order valence-corrected chi connectivity index (χ1v) is 11.1. The number of hydrogen-bond donors (Lipinski definition) is 2. The van der Waals surface area contributed by atoms with Gasteiger partial charge in [-0.2, -0.15) is 0 Å². The number of aryl methyl sites for hydroxylation is 2. The van der Waals surface area contributed by atoms with E-state index in [4.69, 9.17) is 0 Å². The maximum absolute atomic E-state index is 4.41. The second-order valence-corrected chi connectivity index (χ2v) is 8.12. The molecule has 27 heavy (non-hydrogen) atoms. The number of rotatable bonds is 11. The predicted molar refractivity (Wildman–Crippen MR) is 113 cm³/mol. The first-order valence-electron chi connectivity index (χ1n) is 11.1. The van der Waals surface area contributed by atoms with Crippen molar-refractivity contribution >= 4 is 5.96 Å². The Kier molecular flexibility index (Phi) is 10.2. The van der Waals surface area contributed by atoms with Crippen molar-refractivity contribution in [2.75, 3.05) is 20.1 Å². The molecule has 0 spiro atoms. The van der Waals surface area contributed by atoms with E-state index in [0.717, 1.165) is 56.6 Å². The molecule has 0 aromatic carbocycles. The highest BCUT2D eigenvalue weighted by atomic mass is 15.3. The van der Waals surface area contributed by atoms with Crippen LogP contribution in [0.25, 0.3) is 0 Å². The fourth-order valence-corrected chi connectivity index (χ4v) is 3.64. The summed E-state index contributed by atoms with van der Waals surface area (Å²) < 4.78 is 2.35. The van der Waals surface area contributed by atoms with Crippen molar-refractivity contribution in [3.63, 3.8) is 0 Å². The quantitative estimate of drug-likeness (QED) is 0.351. The lowest BCUT2D eigenvalue weighted by atomic mass is 10.0. The van der Waals surface area contributed by atoms with Crippen molar-refractivity contribution in [2.45, 2.75) is 91.0 Å². The summed E-state index contributed by atoms with van der Waals surface area (Å²) in [5, 5.41) is 15.6. The summed E-state index contributed by atoms with van der Waals surface area (Å²) in [5.41, 5.74) is 0. The molecule has 1 aromatic heterocycles. The Morgan fingerprint density at radius 3 is 2.56 bits per heavy atom. The molecule has 0 amide bonds. The number of guanidine groups is 1. The Morgan fingerprint density at radius 1 is 1.00 bits per heavy atom. The molecule has 0 radical (unpaired) electrons. The molecule has 1 aliphatic rings. The van der Waals surface area contributed by atoms with Gasteiger partial charge in [0.05, 0.1) is 0 Å². The van der Waals surface area contributed by atoms with Crippen LogP contribution in [0.15, 0.2) is 4.99 Å². The van der Waals surface area contributed by atoms with Crippen molar-refractivity contribution in [1.29, 1.82) is 0 Å². The molecule has 1 aliphatic heterocycles. The van der Waals surface area contributed by atoms with Gasteiger partial charge in [0.15, 0.2) is 5.96 Å². The van der Waals surface area contributed by atoms with Gasteiger partial charge in [-0.1, -0.05) is 46.0 Å².